The lowest BCUT2D eigenvalue weighted by molar-refractivity contribution is -0.458. The van der Waals surface area contributed by atoms with Crippen molar-refractivity contribution < 1.29 is 87.6 Å². The summed E-state index contributed by atoms with van der Waals surface area (Å²) in [5.41, 5.74) is 0. The van der Waals surface area contributed by atoms with Crippen LogP contribution in [0.15, 0.2) is 140 Å². The van der Waals surface area contributed by atoms with Crippen LogP contribution in [0.3, 0.4) is 0 Å². The van der Waals surface area contributed by atoms with Gasteiger partial charge in [-0.3, -0.25) is 0 Å². The summed E-state index contributed by atoms with van der Waals surface area (Å²) < 4.78 is 244. The van der Waals surface area contributed by atoms with E-state index in [0.717, 1.165) is 0 Å². The van der Waals surface area contributed by atoms with Gasteiger partial charge in [-0.2, -0.15) is 74.6 Å². The minimum absolute atomic E-state index is 0.0786. The van der Waals surface area contributed by atoms with E-state index in [4.69, 9.17) is 0 Å². The zero-order valence-electron chi connectivity index (χ0n) is 26.3. The first-order valence-corrected chi connectivity index (χ1v) is 17.7. The molecule has 0 fully saturated rings. The molecule has 0 heterocycles. The van der Waals surface area contributed by atoms with E-state index in [1.807, 2.05) is 0 Å². The molecule has 23 heteroatoms. The Hall–Kier alpha value is -3.70. The van der Waals surface area contributed by atoms with Gasteiger partial charge in [0.1, 0.15) is 0 Å². The minimum atomic E-state index is -8.92. The van der Waals surface area contributed by atoms with E-state index >= 15 is 0 Å². The standard InChI is InChI=1S/C24H19S2.C8HF17O3S/c1-4-10-20(11-5-1)25-21-16-18-24(19-17-21)26(22-12-6-2-7-13-22)23-14-8-3-9-15-23;9-1(10,3(13,14)5(17,18)7(21,22)23)2(11,12)4(15,16)6(19,20)8(24,25)29(26,27)28/h1-19H;(H,26,27,28)/q+1;/p-1. The average Bonchev–Trinajstić information content (AvgIpc) is 3.09. The van der Waals surface area contributed by atoms with E-state index in [1.165, 1.54) is 24.5 Å². The first-order chi connectivity index (χ1) is 24.9. The van der Waals surface area contributed by atoms with Crippen molar-refractivity contribution in [2.75, 3.05) is 0 Å². The molecule has 0 amide bonds. The van der Waals surface area contributed by atoms with Gasteiger partial charge in [0.2, 0.25) is 0 Å². The molecule has 302 valence electrons. The summed E-state index contributed by atoms with van der Waals surface area (Å²) in [6.45, 7) is 0. The molecule has 0 saturated carbocycles. The maximum Gasteiger partial charge on any atom is 0.460 e. The Labute approximate surface area is 306 Å². The Morgan fingerprint density at radius 3 is 1.04 bits per heavy atom. The number of rotatable bonds is 12. The number of hydrogen-bond donors (Lipinski definition) is 0. The highest BCUT2D eigenvalue weighted by Crippen LogP contribution is 2.64. The smallest absolute Gasteiger partial charge is 0.460 e. The van der Waals surface area contributed by atoms with Gasteiger partial charge < -0.3 is 4.55 Å². The Morgan fingerprint density at radius 2 is 0.691 bits per heavy atom. The van der Waals surface area contributed by atoms with E-state index in [-0.39, 0.29) is 10.9 Å². The zero-order valence-corrected chi connectivity index (χ0v) is 28.8. The van der Waals surface area contributed by atoms with Crippen molar-refractivity contribution in [3.63, 3.8) is 0 Å². The van der Waals surface area contributed by atoms with E-state index in [0.29, 0.717) is 0 Å². The van der Waals surface area contributed by atoms with Crippen LogP contribution in [-0.4, -0.2) is 59.9 Å². The number of hydrogen-bond acceptors (Lipinski definition) is 4. The molecule has 55 heavy (non-hydrogen) atoms. The summed E-state index contributed by atoms with van der Waals surface area (Å²) in [5, 5.41) is -7.95. The van der Waals surface area contributed by atoms with E-state index in [2.05, 4.69) is 115 Å². The molecule has 0 aliphatic carbocycles. The summed E-state index contributed by atoms with van der Waals surface area (Å²) in [7, 11) is -8.22. The highest BCUT2D eigenvalue weighted by molar-refractivity contribution is 7.99. The highest BCUT2D eigenvalue weighted by Gasteiger charge is 2.95. The molecule has 0 aliphatic rings. The third-order valence-corrected chi connectivity index (χ3v) is 11.1. The van der Waals surface area contributed by atoms with E-state index in [1.54, 1.807) is 11.8 Å². The molecule has 3 nitrogen and oxygen atoms in total. The van der Waals surface area contributed by atoms with Gasteiger partial charge in [-0.25, -0.2) is 8.42 Å². The van der Waals surface area contributed by atoms with Crippen LogP contribution in [0, 0.1) is 0 Å². The molecule has 0 radical (unpaired) electrons. The van der Waals surface area contributed by atoms with Gasteiger partial charge in [0.05, 0.1) is 10.9 Å². The predicted molar refractivity (Wildman–Crippen MR) is 162 cm³/mol. The SMILES string of the molecule is O=S(=O)([O-])C(F)(F)C(F)(F)C(F)(F)C(F)(F)C(F)(F)C(F)(F)C(F)(F)C(F)(F)F.c1ccc(Sc2ccc([S+](c3ccccc3)c3ccccc3)cc2)cc1. The molecule has 0 saturated heterocycles. The van der Waals surface area contributed by atoms with Gasteiger partial charge in [-0.15, -0.1) is 0 Å². The van der Waals surface area contributed by atoms with Crippen molar-refractivity contribution in [2.24, 2.45) is 0 Å². The lowest BCUT2D eigenvalue weighted by Gasteiger charge is -2.42. The molecule has 0 spiro atoms. The summed E-state index contributed by atoms with van der Waals surface area (Å²) in [6, 6.07) is 41.1. The largest absolute Gasteiger partial charge is 0.743 e. The second-order valence-corrected chi connectivity index (χ2v) is 15.3. The van der Waals surface area contributed by atoms with Crippen LogP contribution in [0.1, 0.15) is 0 Å². The summed E-state index contributed by atoms with van der Waals surface area (Å²) in [6.07, 6.45) is -7.89. The molecule has 4 aromatic carbocycles. The average molecular weight is 871 g/mol. The molecule has 0 aromatic heterocycles. The second-order valence-electron chi connectivity index (χ2n) is 10.7. The van der Waals surface area contributed by atoms with Gasteiger partial charge >= 0.3 is 47.0 Å². The second kappa shape index (κ2) is 15.7. The highest BCUT2D eigenvalue weighted by atomic mass is 32.2. The zero-order chi connectivity index (χ0) is 42.1. The van der Waals surface area contributed by atoms with Crippen LogP contribution in [-0.2, 0) is 21.0 Å². The van der Waals surface area contributed by atoms with Gasteiger partial charge in [-0.05, 0) is 60.7 Å². The fourth-order valence-electron chi connectivity index (χ4n) is 4.10. The summed E-state index contributed by atoms with van der Waals surface area (Å²) in [5.74, 6) is -52.1. The normalized spacial score (nSPS) is 14.0. The monoisotopic (exact) mass is 870 g/mol. The molecule has 0 unspecified atom stereocenters. The Kier molecular flexibility index (Phi) is 13.0. The first-order valence-electron chi connectivity index (χ1n) is 14.2. The third kappa shape index (κ3) is 8.38. The predicted octanol–water partition coefficient (Wildman–Crippen LogP) is 11.4. The van der Waals surface area contributed by atoms with E-state index in [9.17, 15) is 87.6 Å². The van der Waals surface area contributed by atoms with Crippen molar-refractivity contribution in [2.45, 2.75) is 71.4 Å². The third-order valence-electron chi connectivity index (χ3n) is 7.00. The van der Waals surface area contributed by atoms with Crippen LogP contribution in [0.25, 0.3) is 0 Å². The van der Waals surface area contributed by atoms with Crippen LogP contribution >= 0.6 is 11.8 Å². The molecule has 0 atom stereocenters. The lowest BCUT2D eigenvalue weighted by atomic mass is 9.91. The fourth-order valence-corrected chi connectivity index (χ4v) is 7.46. The Balaban J connectivity index is 0.000000296. The summed E-state index contributed by atoms with van der Waals surface area (Å²) in [4.78, 5) is 6.58. The summed E-state index contributed by atoms with van der Waals surface area (Å²) >= 11 is 1.80. The van der Waals surface area contributed by atoms with Crippen molar-refractivity contribution in [1.82, 2.24) is 0 Å². The lowest BCUT2D eigenvalue weighted by Crippen LogP contribution is -2.75. The van der Waals surface area contributed by atoms with Crippen molar-refractivity contribution in [1.29, 1.82) is 0 Å². The molecule has 0 bridgehead atoms. The Bertz CT molecular complexity index is 1940. The Morgan fingerprint density at radius 1 is 0.400 bits per heavy atom. The van der Waals surface area contributed by atoms with Crippen molar-refractivity contribution >= 4 is 32.8 Å². The van der Waals surface area contributed by atoms with E-state index < -0.39 is 57.1 Å². The van der Waals surface area contributed by atoms with Crippen LogP contribution < -0.4 is 0 Å². The van der Waals surface area contributed by atoms with Gasteiger partial charge in [-0.1, -0.05) is 66.4 Å². The maximum atomic E-state index is 13.0. The molecule has 0 N–H and O–H groups in total. The number of alkyl halides is 17. The van der Waals surface area contributed by atoms with Gasteiger partial charge in [0.15, 0.2) is 24.8 Å². The molecule has 4 rings (SSSR count). The fraction of sp³-hybridized carbons (Fsp3) is 0.250. The van der Waals surface area contributed by atoms with Crippen LogP contribution in [0.4, 0.5) is 74.6 Å². The first kappa shape index (κ1) is 45.7. The topological polar surface area (TPSA) is 57.2 Å². The van der Waals surface area contributed by atoms with Gasteiger partial charge in [0.25, 0.3) is 0 Å². The van der Waals surface area contributed by atoms with Crippen molar-refractivity contribution in [3.8, 4) is 0 Å². The van der Waals surface area contributed by atoms with Gasteiger partial charge in [0, 0.05) is 9.79 Å². The maximum absolute atomic E-state index is 13.0. The molecule has 4 aromatic rings. The number of benzene rings is 4. The van der Waals surface area contributed by atoms with Crippen molar-refractivity contribution in [3.05, 3.63) is 115 Å². The number of halogens is 17. The molecular weight excluding hydrogens is 852 g/mol. The quantitative estimate of drug-likeness (QED) is 0.0808. The van der Waals surface area contributed by atoms with Crippen LogP contribution in [0.2, 0.25) is 0 Å². The molecule has 0 aliphatic heterocycles. The molecular formula is C32H19F17O3S3. The van der Waals surface area contributed by atoms with Crippen LogP contribution in [0.5, 0.6) is 0 Å². The minimum Gasteiger partial charge on any atom is -0.743 e.